The van der Waals surface area contributed by atoms with Crippen molar-refractivity contribution in [3.8, 4) is 28.7 Å². The summed E-state index contributed by atoms with van der Waals surface area (Å²) in [5, 5.41) is 6.79. The van der Waals surface area contributed by atoms with Crippen molar-refractivity contribution in [2.24, 2.45) is 0 Å². The van der Waals surface area contributed by atoms with Crippen molar-refractivity contribution >= 4 is 11.6 Å². The molecule has 0 aliphatic heterocycles. The summed E-state index contributed by atoms with van der Waals surface area (Å²) in [4.78, 5) is 12.5. The Bertz CT molecular complexity index is 1050. The number of methoxy groups -OCH3 is 3. The third-order valence-corrected chi connectivity index (χ3v) is 4.23. The van der Waals surface area contributed by atoms with E-state index in [0.29, 0.717) is 22.9 Å². The quantitative estimate of drug-likeness (QED) is 0.503. The monoisotopic (exact) mass is 449 g/mol. The average Bonchev–Trinajstić information content (AvgIpc) is 3.27. The van der Waals surface area contributed by atoms with Gasteiger partial charge in [-0.2, -0.15) is 13.9 Å². The average molecular weight is 449 g/mol. The molecule has 2 aromatic carbocycles. The zero-order valence-corrected chi connectivity index (χ0v) is 17.5. The maximum atomic E-state index is 12.5. The van der Waals surface area contributed by atoms with Crippen LogP contribution in [0.2, 0.25) is 0 Å². The molecule has 1 amide bonds. The van der Waals surface area contributed by atoms with Gasteiger partial charge in [-0.3, -0.25) is 4.79 Å². The second-order valence-electron chi connectivity index (χ2n) is 6.20. The maximum Gasteiger partial charge on any atom is 0.387 e. The van der Waals surface area contributed by atoms with Crippen LogP contribution in [0.4, 0.5) is 14.5 Å². The number of ether oxygens (including phenoxy) is 5. The third-order valence-electron chi connectivity index (χ3n) is 4.23. The van der Waals surface area contributed by atoms with Gasteiger partial charge in [0.15, 0.2) is 35.4 Å². The van der Waals surface area contributed by atoms with Gasteiger partial charge in [-0.15, -0.1) is 0 Å². The lowest BCUT2D eigenvalue weighted by Crippen LogP contribution is -2.14. The van der Waals surface area contributed by atoms with E-state index in [1.165, 1.54) is 50.3 Å². The first-order valence-electron chi connectivity index (χ1n) is 9.26. The largest absolute Gasteiger partial charge is 0.493 e. The van der Waals surface area contributed by atoms with Gasteiger partial charge >= 0.3 is 6.61 Å². The molecule has 0 saturated heterocycles. The number of para-hydroxylation sites is 1. The zero-order valence-electron chi connectivity index (χ0n) is 17.5. The lowest BCUT2D eigenvalue weighted by molar-refractivity contribution is -0.0512. The molecule has 0 fully saturated rings. The molecule has 0 spiro atoms. The van der Waals surface area contributed by atoms with Gasteiger partial charge in [-0.1, -0.05) is 6.07 Å². The summed E-state index contributed by atoms with van der Waals surface area (Å²) in [5.74, 6) is 0.771. The van der Waals surface area contributed by atoms with E-state index in [9.17, 15) is 13.6 Å². The highest BCUT2D eigenvalue weighted by molar-refractivity contribution is 6.02. The van der Waals surface area contributed by atoms with E-state index >= 15 is 0 Å². The lowest BCUT2D eigenvalue weighted by atomic mass is 10.2. The number of carbonyl (C=O) groups is 1. The molecule has 0 radical (unpaired) electrons. The number of benzene rings is 2. The van der Waals surface area contributed by atoms with Crippen LogP contribution in [0.1, 0.15) is 10.5 Å². The summed E-state index contributed by atoms with van der Waals surface area (Å²) in [7, 11) is 4.33. The molecule has 1 aromatic heterocycles. The summed E-state index contributed by atoms with van der Waals surface area (Å²) < 4.78 is 52.0. The Labute approximate surface area is 182 Å². The summed E-state index contributed by atoms with van der Waals surface area (Å²) in [5.41, 5.74) is 0.436. The topological polar surface area (TPSA) is 93.1 Å². The van der Waals surface area contributed by atoms with Crippen LogP contribution in [0.15, 0.2) is 48.7 Å². The number of alkyl halides is 2. The van der Waals surface area contributed by atoms with Crippen LogP contribution in [0, 0.1) is 0 Å². The molecule has 0 aliphatic rings. The number of rotatable bonds is 10. The Morgan fingerprint density at radius 1 is 1.00 bits per heavy atom. The molecule has 1 heterocycles. The maximum absolute atomic E-state index is 12.5. The Morgan fingerprint density at radius 2 is 1.69 bits per heavy atom. The van der Waals surface area contributed by atoms with Gasteiger partial charge in [0, 0.05) is 18.0 Å². The van der Waals surface area contributed by atoms with Gasteiger partial charge in [0.05, 0.1) is 21.3 Å². The number of nitrogens with zero attached hydrogens (tertiary/aromatic N) is 2. The number of hydrogen-bond acceptors (Lipinski definition) is 7. The number of amides is 1. The van der Waals surface area contributed by atoms with Gasteiger partial charge < -0.3 is 29.0 Å². The van der Waals surface area contributed by atoms with Gasteiger partial charge in [0.1, 0.15) is 0 Å². The SMILES string of the molecule is COc1cc(NC(=O)c2ccn(COc3c(OC)cccc3OC)n2)ccc1OC(F)F. The highest BCUT2D eigenvalue weighted by Gasteiger charge is 2.15. The lowest BCUT2D eigenvalue weighted by Gasteiger charge is -2.14. The van der Waals surface area contributed by atoms with E-state index in [2.05, 4.69) is 15.2 Å². The van der Waals surface area contributed by atoms with E-state index in [-0.39, 0.29) is 23.9 Å². The third kappa shape index (κ3) is 5.36. The predicted molar refractivity (Wildman–Crippen MR) is 110 cm³/mol. The summed E-state index contributed by atoms with van der Waals surface area (Å²) in [6.45, 7) is -3.00. The van der Waals surface area contributed by atoms with E-state index in [0.717, 1.165) is 0 Å². The fourth-order valence-corrected chi connectivity index (χ4v) is 2.78. The molecule has 0 bridgehead atoms. The van der Waals surface area contributed by atoms with Crippen molar-refractivity contribution in [2.75, 3.05) is 26.6 Å². The number of anilines is 1. The fourth-order valence-electron chi connectivity index (χ4n) is 2.78. The number of nitrogens with one attached hydrogen (secondary N) is 1. The first kappa shape index (κ1) is 22.7. The van der Waals surface area contributed by atoms with Crippen molar-refractivity contribution in [2.45, 2.75) is 13.3 Å². The Kier molecular flexibility index (Phi) is 7.32. The van der Waals surface area contributed by atoms with Gasteiger partial charge in [0.25, 0.3) is 5.91 Å². The molecule has 0 aliphatic carbocycles. The summed E-state index contributed by atoms with van der Waals surface area (Å²) >= 11 is 0. The molecule has 1 N–H and O–H groups in total. The molecule has 0 atom stereocenters. The normalized spacial score (nSPS) is 10.6. The standard InChI is InChI=1S/C21H21F2N3O6/c1-28-16-5-4-6-17(29-2)19(16)31-12-26-10-9-14(25-26)20(27)24-13-7-8-15(32-21(22)23)18(11-13)30-3/h4-11,21H,12H2,1-3H3,(H,24,27). The number of hydrogen-bond donors (Lipinski definition) is 1. The molecule has 9 nitrogen and oxygen atoms in total. The van der Waals surface area contributed by atoms with Crippen molar-refractivity contribution < 1.29 is 37.3 Å². The predicted octanol–water partition coefficient (Wildman–Crippen LogP) is 3.80. The van der Waals surface area contributed by atoms with Crippen LogP contribution in [-0.4, -0.2) is 43.6 Å². The highest BCUT2D eigenvalue weighted by atomic mass is 19.3. The van der Waals surface area contributed by atoms with Crippen LogP contribution < -0.4 is 29.0 Å². The molecule has 11 heteroatoms. The first-order chi connectivity index (χ1) is 15.4. The van der Waals surface area contributed by atoms with Crippen molar-refractivity contribution in [3.63, 3.8) is 0 Å². The van der Waals surface area contributed by atoms with Crippen molar-refractivity contribution in [3.05, 3.63) is 54.4 Å². The molecular formula is C21H21F2N3O6. The smallest absolute Gasteiger partial charge is 0.387 e. The van der Waals surface area contributed by atoms with E-state index < -0.39 is 12.5 Å². The minimum Gasteiger partial charge on any atom is -0.493 e. The van der Waals surface area contributed by atoms with Gasteiger partial charge in [0.2, 0.25) is 5.75 Å². The van der Waals surface area contributed by atoms with Gasteiger partial charge in [-0.25, -0.2) is 4.68 Å². The number of aromatic nitrogens is 2. The minimum atomic E-state index is -2.99. The second kappa shape index (κ2) is 10.3. The molecule has 3 rings (SSSR count). The molecule has 3 aromatic rings. The Hall–Kier alpha value is -4.02. The second-order valence-corrected chi connectivity index (χ2v) is 6.20. The Morgan fingerprint density at radius 3 is 2.31 bits per heavy atom. The first-order valence-corrected chi connectivity index (χ1v) is 9.26. The summed E-state index contributed by atoms with van der Waals surface area (Å²) in [6.07, 6.45) is 1.57. The van der Waals surface area contributed by atoms with Gasteiger partial charge in [-0.05, 0) is 30.3 Å². The molecule has 32 heavy (non-hydrogen) atoms. The molecule has 170 valence electrons. The zero-order chi connectivity index (χ0) is 23.1. The van der Waals surface area contributed by atoms with Crippen LogP contribution in [-0.2, 0) is 6.73 Å². The molecular weight excluding hydrogens is 428 g/mol. The highest BCUT2D eigenvalue weighted by Crippen LogP contribution is 2.37. The van der Waals surface area contributed by atoms with Crippen LogP contribution in [0.5, 0.6) is 28.7 Å². The van der Waals surface area contributed by atoms with E-state index in [1.54, 1.807) is 24.4 Å². The van der Waals surface area contributed by atoms with Crippen molar-refractivity contribution in [1.29, 1.82) is 0 Å². The fraction of sp³-hybridized carbons (Fsp3) is 0.238. The minimum absolute atomic E-state index is 0.00248. The van der Waals surface area contributed by atoms with Crippen LogP contribution >= 0.6 is 0 Å². The van der Waals surface area contributed by atoms with Crippen molar-refractivity contribution in [1.82, 2.24) is 9.78 Å². The van der Waals surface area contributed by atoms with Crippen LogP contribution in [0.25, 0.3) is 0 Å². The van der Waals surface area contributed by atoms with E-state index in [4.69, 9.17) is 18.9 Å². The number of carbonyl (C=O) groups excluding carboxylic acids is 1. The molecule has 0 unspecified atom stereocenters. The Balaban J connectivity index is 1.67. The van der Waals surface area contributed by atoms with E-state index in [1.807, 2.05) is 0 Å². The molecule has 0 saturated carbocycles. The summed E-state index contributed by atoms with van der Waals surface area (Å²) in [6, 6.07) is 10.8. The number of halogens is 2. The van der Waals surface area contributed by atoms with Crippen LogP contribution in [0.3, 0.4) is 0 Å².